The third-order valence-electron chi connectivity index (χ3n) is 3.74. The second kappa shape index (κ2) is 6.45. The molecule has 3 N–H and O–H groups in total. The van der Waals surface area contributed by atoms with Gasteiger partial charge in [-0.2, -0.15) is 11.8 Å². The van der Waals surface area contributed by atoms with Crippen LogP contribution in [-0.4, -0.2) is 41.4 Å². The Labute approximate surface area is 122 Å². The first-order valence-corrected chi connectivity index (χ1v) is 7.80. The molecule has 2 atom stereocenters. The summed E-state index contributed by atoms with van der Waals surface area (Å²) < 4.78 is 13.0. The maximum absolute atomic E-state index is 13.0. The summed E-state index contributed by atoms with van der Waals surface area (Å²) in [6.45, 7) is 1.87. The van der Waals surface area contributed by atoms with E-state index in [2.05, 4.69) is 10.2 Å². The number of amides is 1. The summed E-state index contributed by atoms with van der Waals surface area (Å²) in [4.78, 5) is 14.3. The van der Waals surface area contributed by atoms with Crippen molar-refractivity contribution in [2.45, 2.75) is 25.4 Å². The molecule has 1 aliphatic heterocycles. The van der Waals surface area contributed by atoms with Crippen molar-refractivity contribution in [1.29, 1.82) is 0 Å². The standard InChI is InChI=1S/C14H20FN3OS/c1-9(18(2)11-5-6-20-8-11)14(19)17-13-4-3-10(15)7-12(13)16/h3-4,7,9,11H,5-6,8,16H2,1-2H3,(H,17,19). The number of anilines is 2. The Kier molecular flexibility index (Phi) is 4.88. The number of nitrogens with two attached hydrogens (primary N) is 1. The van der Waals surface area contributed by atoms with E-state index in [9.17, 15) is 9.18 Å². The Morgan fingerprint density at radius 1 is 1.60 bits per heavy atom. The molecule has 0 spiro atoms. The van der Waals surface area contributed by atoms with Crippen molar-refractivity contribution in [3.63, 3.8) is 0 Å². The van der Waals surface area contributed by atoms with Gasteiger partial charge in [-0.25, -0.2) is 4.39 Å². The maximum Gasteiger partial charge on any atom is 0.241 e. The predicted molar refractivity (Wildman–Crippen MR) is 82.4 cm³/mol. The molecule has 0 bridgehead atoms. The van der Waals surface area contributed by atoms with Crippen molar-refractivity contribution < 1.29 is 9.18 Å². The number of nitrogen functional groups attached to an aromatic ring is 1. The molecule has 1 aromatic carbocycles. The van der Waals surface area contributed by atoms with Gasteiger partial charge in [0.2, 0.25) is 5.91 Å². The number of benzene rings is 1. The van der Waals surface area contributed by atoms with Crippen LogP contribution in [-0.2, 0) is 4.79 Å². The lowest BCUT2D eigenvalue weighted by Crippen LogP contribution is -2.45. The van der Waals surface area contributed by atoms with Crippen LogP contribution < -0.4 is 11.1 Å². The van der Waals surface area contributed by atoms with E-state index in [-0.39, 0.29) is 17.6 Å². The molecule has 0 aliphatic carbocycles. The fraction of sp³-hybridized carbons (Fsp3) is 0.500. The first-order valence-electron chi connectivity index (χ1n) is 6.64. The molecule has 1 aromatic rings. The van der Waals surface area contributed by atoms with Gasteiger partial charge in [0.25, 0.3) is 0 Å². The van der Waals surface area contributed by atoms with E-state index in [1.807, 2.05) is 25.7 Å². The summed E-state index contributed by atoms with van der Waals surface area (Å²) in [5, 5.41) is 2.76. The van der Waals surface area contributed by atoms with E-state index in [4.69, 9.17) is 5.73 Å². The van der Waals surface area contributed by atoms with Gasteiger partial charge in [0.05, 0.1) is 17.4 Å². The third-order valence-corrected chi connectivity index (χ3v) is 4.89. The van der Waals surface area contributed by atoms with Gasteiger partial charge in [0.1, 0.15) is 5.82 Å². The van der Waals surface area contributed by atoms with E-state index >= 15 is 0 Å². The number of halogens is 1. The summed E-state index contributed by atoms with van der Waals surface area (Å²) in [7, 11) is 1.97. The second-order valence-corrected chi connectivity index (χ2v) is 6.23. The Bertz CT molecular complexity index is 491. The van der Waals surface area contributed by atoms with Gasteiger partial charge in [-0.05, 0) is 44.3 Å². The van der Waals surface area contributed by atoms with Crippen molar-refractivity contribution in [1.82, 2.24) is 4.90 Å². The minimum atomic E-state index is -0.409. The molecule has 110 valence electrons. The highest BCUT2D eigenvalue weighted by molar-refractivity contribution is 7.99. The first-order chi connectivity index (χ1) is 9.49. The van der Waals surface area contributed by atoms with Crippen LogP contribution in [0.25, 0.3) is 0 Å². The smallest absolute Gasteiger partial charge is 0.241 e. The van der Waals surface area contributed by atoms with E-state index < -0.39 is 5.82 Å². The molecule has 6 heteroatoms. The van der Waals surface area contributed by atoms with Crippen molar-refractivity contribution in [2.75, 3.05) is 29.6 Å². The fourth-order valence-corrected chi connectivity index (χ4v) is 3.51. The third kappa shape index (κ3) is 3.43. The SMILES string of the molecule is CC(C(=O)Nc1ccc(F)cc1N)N(C)C1CCSC1. The lowest BCUT2D eigenvalue weighted by molar-refractivity contribution is -0.120. The molecule has 20 heavy (non-hydrogen) atoms. The highest BCUT2D eigenvalue weighted by Gasteiger charge is 2.27. The normalized spacial score (nSPS) is 20.1. The van der Waals surface area contributed by atoms with Gasteiger partial charge in [-0.15, -0.1) is 0 Å². The van der Waals surface area contributed by atoms with Crippen LogP contribution in [0.15, 0.2) is 18.2 Å². The second-order valence-electron chi connectivity index (χ2n) is 5.08. The van der Waals surface area contributed by atoms with E-state index in [1.165, 1.54) is 18.2 Å². The predicted octanol–water partition coefficient (Wildman–Crippen LogP) is 2.17. The van der Waals surface area contributed by atoms with Crippen molar-refractivity contribution in [2.24, 2.45) is 0 Å². The van der Waals surface area contributed by atoms with Gasteiger partial charge in [-0.1, -0.05) is 0 Å². The van der Waals surface area contributed by atoms with Crippen molar-refractivity contribution in [3.8, 4) is 0 Å². The molecule has 1 aliphatic rings. The molecule has 4 nitrogen and oxygen atoms in total. The van der Waals surface area contributed by atoms with Gasteiger partial charge >= 0.3 is 0 Å². The maximum atomic E-state index is 13.0. The van der Waals surface area contributed by atoms with Crippen LogP contribution >= 0.6 is 11.8 Å². The van der Waals surface area contributed by atoms with Crippen LogP contribution in [0.4, 0.5) is 15.8 Å². The van der Waals surface area contributed by atoms with Gasteiger partial charge in [0.15, 0.2) is 0 Å². The van der Waals surface area contributed by atoms with Crippen LogP contribution in [0.2, 0.25) is 0 Å². The average molecular weight is 297 g/mol. The van der Waals surface area contributed by atoms with Crippen LogP contribution in [0.3, 0.4) is 0 Å². The summed E-state index contributed by atoms with van der Waals surface area (Å²) in [6, 6.07) is 4.17. The first kappa shape index (κ1) is 15.1. The molecule has 0 saturated carbocycles. The molecular weight excluding hydrogens is 277 g/mol. The number of nitrogens with zero attached hydrogens (tertiary/aromatic N) is 1. The van der Waals surface area contributed by atoms with E-state index in [1.54, 1.807) is 0 Å². The van der Waals surface area contributed by atoms with Crippen LogP contribution in [0, 0.1) is 5.82 Å². The summed E-state index contributed by atoms with van der Waals surface area (Å²) in [5.74, 6) is 1.68. The van der Waals surface area contributed by atoms with E-state index in [0.29, 0.717) is 11.7 Å². The van der Waals surface area contributed by atoms with Gasteiger partial charge in [-0.3, -0.25) is 9.69 Å². The quantitative estimate of drug-likeness (QED) is 0.836. The molecule has 1 saturated heterocycles. The van der Waals surface area contributed by atoms with Crippen LogP contribution in [0.1, 0.15) is 13.3 Å². The number of likely N-dealkylation sites (N-methyl/N-ethyl adjacent to an activating group) is 1. The lowest BCUT2D eigenvalue weighted by Gasteiger charge is -2.29. The fourth-order valence-electron chi connectivity index (χ4n) is 2.23. The number of hydrogen-bond donors (Lipinski definition) is 2. The van der Waals surface area contributed by atoms with Gasteiger partial charge in [0, 0.05) is 11.8 Å². The zero-order valence-corrected chi connectivity index (χ0v) is 12.5. The summed E-state index contributed by atoms with van der Waals surface area (Å²) in [6.07, 6.45) is 1.11. The van der Waals surface area contributed by atoms with Crippen molar-refractivity contribution >= 4 is 29.0 Å². The molecule has 2 unspecified atom stereocenters. The Morgan fingerprint density at radius 3 is 2.95 bits per heavy atom. The zero-order chi connectivity index (χ0) is 14.7. The molecule has 0 radical (unpaired) electrons. The van der Waals surface area contributed by atoms with Gasteiger partial charge < -0.3 is 11.1 Å². The number of rotatable bonds is 4. The van der Waals surface area contributed by atoms with Crippen LogP contribution in [0.5, 0.6) is 0 Å². The van der Waals surface area contributed by atoms with E-state index in [0.717, 1.165) is 17.9 Å². The molecule has 0 aromatic heterocycles. The highest BCUT2D eigenvalue weighted by atomic mass is 32.2. The topological polar surface area (TPSA) is 58.4 Å². The monoisotopic (exact) mass is 297 g/mol. The highest BCUT2D eigenvalue weighted by Crippen LogP contribution is 2.24. The minimum Gasteiger partial charge on any atom is -0.397 e. The number of hydrogen-bond acceptors (Lipinski definition) is 4. The number of thioether (sulfide) groups is 1. The molecule has 2 rings (SSSR count). The summed E-state index contributed by atoms with van der Waals surface area (Å²) >= 11 is 1.91. The Balaban J connectivity index is 1.99. The van der Waals surface area contributed by atoms with Crippen molar-refractivity contribution in [3.05, 3.63) is 24.0 Å². The minimum absolute atomic E-state index is 0.122. The molecule has 1 heterocycles. The summed E-state index contributed by atoms with van der Waals surface area (Å²) in [5.41, 5.74) is 6.39. The molecule has 1 fully saturated rings. The zero-order valence-electron chi connectivity index (χ0n) is 11.7. The number of carbonyl (C=O) groups excluding carboxylic acids is 1. The Hall–Kier alpha value is -1.27. The number of carbonyl (C=O) groups is 1. The molecular formula is C14H20FN3OS. The Morgan fingerprint density at radius 2 is 2.35 bits per heavy atom. The lowest BCUT2D eigenvalue weighted by atomic mass is 10.1. The number of nitrogens with one attached hydrogen (secondary N) is 1. The largest absolute Gasteiger partial charge is 0.397 e. The molecule has 1 amide bonds. The average Bonchev–Trinajstić information content (AvgIpc) is 2.94.